The number of hydrogen-bond donors (Lipinski definition) is 1. The molecule has 2 rings (SSSR count). The molecule has 1 unspecified atom stereocenters. The monoisotopic (exact) mass is 247 g/mol. The van der Waals surface area contributed by atoms with Gasteiger partial charge in [-0.25, -0.2) is 0 Å². The lowest BCUT2D eigenvalue weighted by Gasteiger charge is -2.12. The van der Waals surface area contributed by atoms with E-state index in [0.29, 0.717) is 11.4 Å². The van der Waals surface area contributed by atoms with E-state index in [9.17, 15) is 5.11 Å². The molecule has 2 aromatic rings. The van der Waals surface area contributed by atoms with E-state index in [1.807, 2.05) is 31.2 Å². The smallest absolute Gasteiger partial charge is 0.0831 e. The summed E-state index contributed by atoms with van der Waals surface area (Å²) < 4.78 is 0. The van der Waals surface area contributed by atoms with Crippen molar-refractivity contribution in [2.24, 2.45) is 0 Å². The van der Waals surface area contributed by atoms with Crippen LogP contribution in [0.2, 0.25) is 5.02 Å². The van der Waals surface area contributed by atoms with Crippen molar-refractivity contribution in [1.82, 2.24) is 4.98 Å². The van der Waals surface area contributed by atoms with Gasteiger partial charge in [-0.2, -0.15) is 0 Å². The number of aryl methyl sites for hydroxylation is 1. The molecule has 0 amide bonds. The van der Waals surface area contributed by atoms with E-state index < -0.39 is 6.10 Å². The number of rotatable bonds is 3. The molecule has 1 aromatic carbocycles. The third-order valence-corrected chi connectivity index (χ3v) is 2.85. The molecule has 1 aromatic heterocycles. The van der Waals surface area contributed by atoms with Gasteiger partial charge < -0.3 is 5.11 Å². The van der Waals surface area contributed by atoms with Gasteiger partial charge in [0.25, 0.3) is 0 Å². The molecule has 3 heteroatoms. The van der Waals surface area contributed by atoms with E-state index >= 15 is 0 Å². The molecule has 0 saturated carbocycles. The van der Waals surface area contributed by atoms with Gasteiger partial charge in [-0.15, -0.1) is 0 Å². The topological polar surface area (TPSA) is 33.1 Å². The van der Waals surface area contributed by atoms with Crippen LogP contribution in [0, 0.1) is 6.92 Å². The molecular formula is C14H14ClNO. The number of aliphatic hydroxyl groups excluding tert-OH is 1. The highest BCUT2D eigenvalue weighted by molar-refractivity contribution is 6.30. The molecule has 1 N–H and O–H groups in total. The summed E-state index contributed by atoms with van der Waals surface area (Å²) in [7, 11) is 0. The molecule has 2 nitrogen and oxygen atoms in total. The van der Waals surface area contributed by atoms with E-state index in [1.54, 1.807) is 18.5 Å². The van der Waals surface area contributed by atoms with Gasteiger partial charge in [0.05, 0.1) is 6.10 Å². The van der Waals surface area contributed by atoms with Crippen molar-refractivity contribution in [1.29, 1.82) is 0 Å². The van der Waals surface area contributed by atoms with Crippen molar-refractivity contribution in [3.05, 3.63) is 64.4 Å². The minimum atomic E-state index is -0.533. The van der Waals surface area contributed by atoms with Crippen LogP contribution in [0.1, 0.15) is 22.8 Å². The van der Waals surface area contributed by atoms with E-state index in [4.69, 9.17) is 11.6 Å². The quantitative estimate of drug-likeness (QED) is 0.903. The number of benzene rings is 1. The van der Waals surface area contributed by atoms with E-state index in [-0.39, 0.29) is 0 Å². The van der Waals surface area contributed by atoms with Gasteiger partial charge in [0.1, 0.15) is 0 Å². The second-order valence-corrected chi connectivity index (χ2v) is 4.57. The van der Waals surface area contributed by atoms with Crippen LogP contribution < -0.4 is 0 Å². The molecule has 0 aliphatic heterocycles. The zero-order chi connectivity index (χ0) is 12.3. The highest BCUT2D eigenvalue weighted by Gasteiger charge is 2.09. The maximum atomic E-state index is 10.1. The largest absolute Gasteiger partial charge is 0.388 e. The summed E-state index contributed by atoms with van der Waals surface area (Å²) in [5.74, 6) is 0. The maximum Gasteiger partial charge on any atom is 0.0831 e. The number of nitrogens with zero attached hydrogens (tertiary/aromatic N) is 1. The van der Waals surface area contributed by atoms with Gasteiger partial charge in [0.2, 0.25) is 0 Å². The number of aliphatic hydroxyl groups is 1. The predicted octanol–water partition coefficient (Wildman–Crippen LogP) is 3.32. The molecular weight excluding hydrogens is 234 g/mol. The van der Waals surface area contributed by atoms with Crippen LogP contribution in [-0.4, -0.2) is 10.1 Å². The lowest BCUT2D eigenvalue weighted by atomic mass is 10.0. The van der Waals surface area contributed by atoms with Crippen molar-refractivity contribution >= 4 is 11.6 Å². The Bertz CT molecular complexity index is 479. The maximum absolute atomic E-state index is 10.1. The Labute approximate surface area is 106 Å². The summed E-state index contributed by atoms with van der Waals surface area (Å²) in [4.78, 5) is 3.95. The predicted molar refractivity (Wildman–Crippen MR) is 69.1 cm³/mol. The standard InChI is InChI=1S/C14H14ClNO/c1-10-6-12(9-13(15)7-10)14(17)8-11-2-4-16-5-3-11/h2-7,9,14,17H,8H2,1H3. The molecule has 0 fully saturated rings. The van der Waals surface area contributed by atoms with E-state index in [0.717, 1.165) is 16.7 Å². The van der Waals surface area contributed by atoms with Crippen molar-refractivity contribution < 1.29 is 5.11 Å². The average molecular weight is 248 g/mol. The third-order valence-electron chi connectivity index (χ3n) is 2.63. The SMILES string of the molecule is Cc1cc(Cl)cc(C(O)Cc2ccncc2)c1. The van der Waals surface area contributed by atoms with Crippen LogP contribution in [0.15, 0.2) is 42.7 Å². The minimum absolute atomic E-state index is 0.533. The normalized spacial score (nSPS) is 12.4. The molecule has 1 atom stereocenters. The van der Waals surface area contributed by atoms with Crippen LogP contribution in [0.4, 0.5) is 0 Å². The Hall–Kier alpha value is -1.38. The summed E-state index contributed by atoms with van der Waals surface area (Å²) in [6.07, 6.45) is 3.49. The van der Waals surface area contributed by atoms with Crippen LogP contribution in [0.25, 0.3) is 0 Å². The summed E-state index contributed by atoms with van der Waals surface area (Å²) in [6, 6.07) is 9.45. The first-order chi connectivity index (χ1) is 8.15. The van der Waals surface area contributed by atoms with Crippen LogP contribution in [0.5, 0.6) is 0 Å². The Morgan fingerprint density at radius 1 is 1.24 bits per heavy atom. The lowest BCUT2D eigenvalue weighted by molar-refractivity contribution is 0.178. The van der Waals surface area contributed by atoms with E-state index in [1.165, 1.54) is 0 Å². The Kier molecular flexibility index (Phi) is 3.77. The van der Waals surface area contributed by atoms with E-state index in [2.05, 4.69) is 4.98 Å². The summed E-state index contributed by atoms with van der Waals surface area (Å²) in [6.45, 7) is 1.97. The van der Waals surface area contributed by atoms with Gasteiger partial charge in [-0.1, -0.05) is 17.7 Å². The second-order valence-electron chi connectivity index (χ2n) is 4.14. The number of aromatic nitrogens is 1. The Morgan fingerprint density at radius 3 is 2.59 bits per heavy atom. The molecule has 0 aliphatic rings. The Morgan fingerprint density at radius 2 is 1.94 bits per heavy atom. The fourth-order valence-corrected chi connectivity index (χ4v) is 2.12. The van der Waals surface area contributed by atoms with Gasteiger partial charge in [0.15, 0.2) is 0 Å². The van der Waals surface area contributed by atoms with Crippen LogP contribution >= 0.6 is 11.6 Å². The molecule has 88 valence electrons. The molecule has 17 heavy (non-hydrogen) atoms. The van der Waals surface area contributed by atoms with Crippen molar-refractivity contribution in [2.75, 3.05) is 0 Å². The van der Waals surface area contributed by atoms with Crippen LogP contribution in [0.3, 0.4) is 0 Å². The number of pyridine rings is 1. The van der Waals surface area contributed by atoms with Gasteiger partial charge >= 0.3 is 0 Å². The molecule has 0 saturated heterocycles. The first kappa shape index (κ1) is 12.1. The number of hydrogen-bond acceptors (Lipinski definition) is 2. The zero-order valence-corrected chi connectivity index (χ0v) is 10.4. The first-order valence-electron chi connectivity index (χ1n) is 5.49. The Balaban J connectivity index is 2.17. The highest BCUT2D eigenvalue weighted by Crippen LogP contribution is 2.22. The fourth-order valence-electron chi connectivity index (χ4n) is 1.82. The number of halogens is 1. The third kappa shape index (κ3) is 3.29. The summed E-state index contributed by atoms with van der Waals surface area (Å²) >= 11 is 5.98. The molecule has 0 spiro atoms. The summed E-state index contributed by atoms with van der Waals surface area (Å²) in [5, 5.41) is 10.8. The molecule has 0 bridgehead atoms. The van der Waals surface area contributed by atoms with Crippen molar-refractivity contribution in [2.45, 2.75) is 19.4 Å². The zero-order valence-electron chi connectivity index (χ0n) is 9.60. The minimum Gasteiger partial charge on any atom is -0.388 e. The average Bonchev–Trinajstić information content (AvgIpc) is 2.29. The first-order valence-corrected chi connectivity index (χ1v) is 5.87. The van der Waals surface area contributed by atoms with Gasteiger partial charge in [0, 0.05) is 23.8 Å². The highest BCUT2D eigenvalue weighted by atomic mass is 35.5. The summed E-state index contributed by atoms with van der Waals surface area (Å²) in [5.41, 5.74) is 2.97. The van der Waals surface area contributed by atoms with Gasteiger partial charge in [-0.3, -0.25) is 4.98 Å². The van der Waals surface area contributed by atoms with Gasteiger partial charge in [-0.05, 0) is 47.9 Å². The van der Waals surface area contributed by atoms with Crippen LogP contribution in [-0.2, 0) is 6.42 Å². The molecule has 0 radical (unpaired) electrons. The van der Waals surface area contributed by atoms with Crippen molar-refractivity contribution in [3.8, 4) is 0 Å². The molecule has 0 aliphatic carbocycles. The van der Waals surface area contributed by atoms with Crippen molar-refractivity contribution in [3.63, 3.8) is 0 Å². The fraction of sp³-hybridized carbons (Fsp3) is 0.214. The lowest BCUT2D eigenvalue weighted by Crippen LogP contribution is -2.02. The molecule has 1 heterocycles. The second kappa shape index (κ2) is 5.30.